The minimum atomic E-state index is -3.68. The number of amides is 1. The van der Waals surface area contributed by atoms with Gasteiger partial charge in [-0.2, -0.15) is 4.31 Å². The lowest BCUT2D eigenvalue weighted by atomic mass is 10.1. The normalized spacial score (nSPS) is 17.8. The average molecular weight is 311 g/mol. The number of carbonyl (C=O) groups excluding carboxylic acids is 1. The van der Waals surface area contributed by atoms with Crippen molar-refractivity contribution in [3.63, 3.8) is 0 Å². The lowest BCUT2D eigenvalue weighted by molar-refractivity contribution is -0.129. The van der Waals surface area contributed by atoms with Gasteiger partial charge in [0, 0.05) is 25.8 Å². The van der Waals surface area contributed by atoms with E-state index in [0.717, 1.165) is 12.0 Å². The molecule has 0 atom stereocenters. The van der Waals surface area contributed by atoms with Crippen LogP contribution < -0.4 is 5.73 Å². The van der Waals surface area contributed by atoms with Crippen LogP contribution in [0.15, 0.2) is 23.1 Å². The summed E-state index contributed by atoms with van der Waals surface area (Å²) in [5.74, 6) is -0.186. The van der Waals surface area contributed by atoms with E-state index in [1.807, 2.05) is 6.92 Å². The van der Waals surface area contributed by atoms with Crippen LogP contribution in [-0.2, 0) is 21.2 Å². The van der Waals surface area contributed by atoms with E-state index in [1.165, 1.54) is 10.4 Å². The number of nitrogen functional groups attached to an aromatic ring is 1. The van der Waals surface area contributed by atoms with Gasteiger partial charge in [0.05, 0.1) is 11.4 Å². The molecular formula is C14H21N3O3S. The number of hydrogen-bond acceptors (Lipinski definition) is 4. The molecule has 2 N–H and O–H groups in total. The molecule has 1 amide bonds. The second kappa shape index (κ2) is 6.03. The number of likely N-dealkylation sites (N-methyl/N-ethyl adjacent to an activating group) is 1. The largest absolute Gasteiger partial charge is 0.398 e. The van der Waals surface area contributed by atoms with E-state index in [-0.39, 0.29) is 17.3 Å². The summed E-state index contributed by atoms with van der Waals surface area (Å²) in [5.41, 5.74) is 7.27. The van der Waals surface area contributed by atoms with Gasteiger partial charge in [-0.05, 0) is 30.5 Å². The van der Waals surface area contributed by atoms with Gasteiger partial charge in [0.2, 0.25) is 15.9 Å². The highest BCUT2D eigenvalue weighted by Crippen LogP contribution is 2.22. The van der Waals surface area contributed by atoms with Crippen LogP contribution in [0.2, 0.25) is 0 Å². The number of nitrogens with two attached hydrogens (primary N) is 1. The number of nitrogens with zero attached hydrogens (tertiary/aromatic N) is 2. The summed E-state index contributed by atoms with van der Waals surface area (Å²) in [6.45, 7) is 2.76. The number of benzene rings is 1. The summed E-state index contributed by atoms with van der Waals surface area (Å²) in [7, 11) is -2.00. The maximum absolute atomic E-state index is 12.6. The van der Waals surface area contributed by atoms with E-state index in [4.69, 9.17) is 5.73 Å². The molecule has 7 heteroatoms. The molecule has 0 saturated carbocycles. The first-order valence-corrected chi connectivity index (χ1v) is 8.42. The first kappa shape index (κ1) is 15.8. The molecule has 6 nitrogen and oxygen atoms in total. The number of carbonyl (C=O) groups is 1. The van der Waals surface area contributed by atoms with E-state index in [2.05, 4.69) is 0 Å². The van der Waals surface area contributed by atoms with Gasteiger partial charge in [-0.3, -0.25) is 4.79 Å². The Morgan fingerprint density at radius 2 is 2.00 bits per heavy atom. The van der Waals surface area contributed by atoms with Crippen LogP contribution >= 0.6 is 0 Å². The lowest BCUT2D eigenvalue weighted by Crippen LogP contribution is -2.38. The first-order chi connectivity index (χ1) is 9.86. The fourth-order valence-corrected chi connectivity index (χ4v) is 3.83. The Balaban J connectivity index is 2.33. The molecular weight excluding hydrogens is 290 g/mol. The van der Waals surface area contributed by atoms with Crippen LogP contribution in [0.4, 0.5) is 5.69 Å². The zero-order chi connectivity index (χ0) is 15.6. The molecule has 0 unspecified atom stereocenters. The maximum atomic E-state index is 12.6. The van der Waals surface area contributed by atoms with Crippen molar-refractivity contribution in [2.45, 2.75) is 24.7 Å². The number of anilines is 1. The maximum Gasteiger partial charge on any atom is 0.243 e. The Bertz CT molecular complexity index is 643. The molecule has 116 valence electrons. The van der Waals surface area contributed by atoms with Crippen molar-refractivity contribution in [2.75, 3.05) is 32.4 Å². The summed E-state index contributed by atoms with van der Waals surface area (Å²) in [5, 5.41) is 0. The lowest BCUT2D eigenvalue weighted by Gasteiger charge is -2.20. The molecule has 1 aliphatic rings. The Hall–Kier alpha value is -1.60. The molecule has 0 spiro atoms. The van der Waals surface area contributed by atoms with Crippen LogP contribution in [0, 0.1) is 0 Å². The summed E-state index contributed by atoms with van der Waals surface area (Å²) in [6, 6.07) is 4.77. The Labute approximate surface area is 125 Å². The zero-order valence-electron chi connectivity index (χ0n) is 12.4. The van der Waals surface area contributed by atoms with Gasteiger partial charge in [-0.15, -0.1) is 0 Å². The predicted octanol–water partition coefficient (Wildman–Crippen LogP) is 0.684. The molecule has 0 radical (unpaired) electrons. The fraction of sp³-hybridized carbons (Fsp3) is 0.500. The predicted molar refractivity (Wildman–Crippen MR) is 81.2 cm³/mol. The molecule has 1 fully saturated rings. The molecule has 1 saturated heterocycles. The molecule has 1 heterocycles. The Morgan fingerprint density at radius 1 is 1.29 bits per heavy atom. The SMILES string of the molecule is CCc1ccc(S(=O)(=O)N2CCCN(C)C(=O)C2)cc1N. The van der Waals surface area contributed by atoms with Gasteiger partial charge >= 0.3 is 0 Å². The van der Waals surface area contributed by atoms with Gasteiger partial charge < -0.3 is 10.6 Å². The molecule has 1 aromatic rings. The van der Waals surface area contributed by atoms with Gasteiger partial charge in [-0.25, -0.2) is 8.42 Å². The third kappa shape index (κ3) is 3.19. The van der Waals surface area contributed by atoms with Crippen molar-refractivity contribution in [1.82, 2.24) is 9.21 Å². The van der Waals surface area contributed by atoms with Gasteiger partial charge in [-0.1, -0.05) is 13.0 Å². The molecule has 1 aromatic carbocycles. The molecule has 1 aliphatic heterocycles. The van der Waals surface area contributed by atoms with Crippen molar-refractivity contribution in [2.24, 2.45) is 0 Å². The highest BCUT2D eigenvalue weighted by Gasteiger charge is 2.29. The van der Waals surface area contributed by atoms with Gasteiger partial charge in [0.25, 0.3) is 0 Å². The van der Waals surface area contributed by atoms with E-state index in [0.29, 0.717) is 25.2 Å². The molecule has 2 rings (SSSR count). The van der Waals surface area contributed by atoms with Crippen LogP contribution in [0.1, 0.15) is 18.9 Å². The molecule has 0 aromatic heterocycles. The van der Waals surface area contributed by atoms with Crippen LogP contribution in [-0.4, -0.2) is 50.2 Å². The third-order valence-electron chi connectivity index (χ3n) is 3.77. The standard InChI is InChI=1S/C14H21N3O3S/c1-3-11-5-6-12(9-13(11)15)21(19,20)17-8-4-7-16(2)14(18)10-17/h5-6,9H,3-4,7-8,10,15H2,1-2H3. The average Bonchev–Trinajstić information content (AvgIpc) is 2.61. The Morgan fingerprint density at radius 3 is 2.62 bits per heavy atom. The topological polar surface area (TPSA) is 83.7 Å². The van der Waals surface area contributed by atoms with Crippen molar-refractivity contribution < 1.29 is 13.2 Å². The summed E-state index contributed by atoms with van der Waals surface area (Å²) in [6.07, 6.45) is 1.38. The summed E-state index contributed by atoms with van der Waals surface area (Å²) in [4.78, 5) is 13.6. The van der Waals surface area contributed by atoms with Crippen LogP contribution in [0.3, 0.4) is 0 Å². The minimum absolute atomic E-state index is 0.117. The van der Waals surface area contributed by atoms with Gasteiger partial charge in [0.1, 0.15) is 0 Å². The second-order valence-corrected chi connectivity index (χ2v) is 7.16. The van der Waals surface area contributed by atoms with E-state index >= 15 is 0 Å². The number of aryl methyl sites for hydroxylation is 1. The van der Waals surface area contributed by atoms with Crippen molar-refractivity contribution in [1.29, 1.82) is 0 Å². The zero-order valence-corrected chi connectivity index (χ0v) is 13.2. The van der Waals surface area contributed by atoms with Crippen LogP contribution in [0.5, 0.6) is 0 Å². The second-order valence-electron chi connectivity index (χ2n) is 5.22. The fourth-order valence-electron chi connectivity index (χ4n) is 2.37. The smallest absolute Gasteiger partial charge is 0.243 e. The van der Waals surface area contributed by atoms with Gasteiger partial charge in [0.15, 0.2) is 0 Å². The van der Waals surface area contributed by atoms with E-state index in [9.17, 15) is 13.2 Å². The summed E-state index contributed by atoms with van der Waals surface area (Å²) < 4.78 is 26.5. The number of sulfonamides is 1. The quantitative estimate of drug-likeness (QED) is 0.832. The van der Waals surface area contributed by atoms with Crippen molar-refractivity contribution in [3.8, 4) is 0 Å². The monoisotopic (exact) mass is 311 g/mol. The number of rotatable bonds is 3. The minimum Gasteiger partial charge on any atom is -0.398 e. The Kier molecular flexibility index (Phi) is 4.53. The first-order valence-electron chi connectivity index (χ1n) is 6.98. The van der Waals surface area contributed by atoms with E-state index < -0.39 is 10.0 Å². The summed E-state index contributed by atoms with van der Waals surface area (Å²) >= 11 is 0. The highest BCUT2D eigenvalue weighted by atomic mass is 32.2. The molecule has 21 heavy (non-hydrogen) atoms. The van der Waals surface area contributed by atoms with Crippen molar-refractivity contribution >= 4 is 21.6 Å². The number of hydrogen-bond donors (Lipinski definition) is 1. The molecule has 0 bridgehead atoms. The van der Waals surface area contributed by atoms with Crippen LogP contribution in [0.25, 0.3) is 0 Å². The third-order valence-corrected chi connectivity index (χ3v) is 5.62. The van der Waals surface area contributed by atoms with Crippen molar-refractivity contribution in [3.05, 3.63) is 23.8 Å². The molecule has 0 aliphatic carbocycles. The highest BCUT2D eigenvalue weighted by molar-refractivity contribution is 7.89. The van der Waals surface area contributed by atoms with E-state index in [1.54, 1.807) is 24.1 Å².